The van der Waals surface area contributed by atoms with Crippen molar-refractivity contribution < 1.29 is 9.90 Å². The molecule has 2 heterocycles. The number of rotatable bonds is 3. The van der Waals surface area contributed by atoms with E-state index in [4.69, 9.17) is 17.3 Å². The van der Waals surface area contributed by atoms with Crippen molar-refractivity contribution in [3.8, 4) is 0 Å². The maximum Gasteiger partial charge on any atom is 0.308 e. The topological polar surface area (TPSA) is 55.8 Å². The number of nitrogens with one attached hydrogen (secondary N) is 1. The Labute approximate surface area is 100 Å². The monoisotopic (exact) mass is 243 g/mol. The second kappa shape index (κ2) is 4.55. The Morgan fingerprint density at radius 2 is 2.50 bits per heavy atom. The Kier molecular flexibility index (Phi) is 3.30. The van der Waals surface area contributed by atoms with Gasteiger partial charge in [-0.15, -0.1) is 0 Å². The van der Waals surface area contributed by atoms with Crippen LogP contribution in [0, 0.1) is 5.92 Å². The van der Waals surface area contributed by atoms with Crippen LogP contribution in [0.3, 0.4) is 0 Å². The van der Waals surface area contributed by atoms with Crippen LogP contribution in [0.2, 0.25) is 0 Å². The van der Waals surface area contributed by atoms with Crippen molar-refractivity contribution in [3.63, 3.8) is 0 Å². The summed E-state index contributed by atoms with van der Waals surface area (Å²) in [4.78, 5) is 15.0. The van der Waals surface area contributed by atoms with Gasteiger partial charge in [-0.2, -0.15) is 0 Å². The van der Waals surface area contributed by atoms with Gasteiger partial charge in [0.2, 0.25) is 0 Å². The largest absolute Gasteiger partial charge is 0.481 e. The molecule has 2 fully saturated rings. The molecule has 2 rings (SSSR count). The van der Waals surface area contributed by atoms with Crippen molar-refractivity contribution in [2.24, 2.45) is 5.92 Å². The summed E-state index contributed by atoms with van der Waals surface area (Å²) in [6.07, 6.45) is 0. The summed E-state index contributed by atoms with van der Waals surface area (Å²) in [5.74, 6) is -1.13. The molecule has 2 atom stereocenters. The van der Waals surface area contributed by atoms with Gasteiger partial charge in [0, 0.05) is 32.7 Å². The number of aliphatic carboxylic acids is 1. The SMILES string of the molecule is CC(CN1C[C@@H]2CNCCN2C1=S)C(=O)O. The Morgan fingerprint density at radius 1 is 1.75 bits per heavy atom. The number of carboxylic acid groups (broad SMARTS) is 1. The van der Waals surface area contributed by atoms with Crippen molar-refractivity contribution in [1.29, 1.82) is 0 Å². The van der Waals surface area contributed by atoms with Gasteiger partial charge in [-0.05, 0) is 12.2 Å². The second-order valence-corrected chi connectivity index (χ2v) is 4.84. The molecule has 2 aliphatic heterocycles. The highest BCUT2D eigenvalue weighted by molar-refractivity contribution is 7.80. The third-order valence-electron chi connectivity index (χ3n) is 3.21. The first-order valence-electron chi connectivity index (χ1n) is 5.58. The van der Waals surface area contributed by atoms with E-state index < -0.39 is 5.97 Å². The first kappa shape index (κ1) is 11.6. The molecule has 0 spiro atoms. The van der Waals surface area contributed by atoms with Gasteiger partial charge in [0.25, 0.3) is 0 Å². The molecule has 0 bridgehead atoms. The maximum atomic E-state index is 10.8. The summed E-state index contributed by atoms with van der Waals surface area (Å²) in [7, 11) is 0. The normalized spacial score (nSPS) is 26.8. The molecule has 2 saturated heterocycles. The van der Waals surface area contributed by atoms with Crippen LogP contribution in [0.4, 0.5) is 0 Å². The molecule has 0 amide bonds. The smallest absolute Gasteiger partial charge is 0.308 e. The maximum absolute atomic E-state index is 10.8. The van der Waals surface area contributed by atoms with Gasteiger partial charge in [0.15, 0.2) is 5.11 Å². The lowest BCUT2D eigenvalue weighted by atomic mass is 10.1. The predicted molar refractivity (Wildman–Crippen MR) is 64.3 cm³/mol. The van der Waals surface area contributed by atoms with Crippen LogP contribution in [-0.4, -0.2) is 64.8 Å². The van der Waals surface area contributed by atoms with Gasteiger partial charge < -0.3 is 20.2 Å². The van der Waals surface area contributed by atoms with E-state index in [1.807, 2.05) is 4.90 Å². The van der Waals surface area contributed by atoms with Gasteiger partial charge in [0.1, 0.15) is 0 Å². The highest BCUT2D eigenvalue weighted by Crippen LogP contribution is 2.18. The van der Waals surface area contributed by atoms with Crippen LogP contribution in [0.25, 0.3) is 0 Å². The summed E-state index contributed by atoms with van der Waals surface area (Å²) < 4.78 is 0. The number of carbonyl (C=O) groups is 1. The molecule has 0 aliphatic carbocycles. The summed E-state index contributed by atoms with van der Waals surface area (Å²) >= 11 is 5.37. The van der Waals surface area contributed by atoms with E-state index in [0.717, 1.165) is 31.3 Å². The molecule has 0 aromatic carbocycles. The average Bonchev–Trinajstić information content (AvgIpc) is 2.56. The number of hydrogen-bond donors (Lipinski definition) is 2. The molecule has 16 heavy (non-hydrogen) atoms. The van der Waals surface area contributed by atoms with Crippen molar-refractivity contribution in [1.82, 2.24) is 15.1 Å². The Hall–Kier alpha value is -0.880. The highest BCUT2D eigenvalue weighted by Gasteiger charge is 2.36. The average molecular weight is 243 g/mol. The number of hydrogen-bond acceptors (Lipinski definition) is 3. The van der Waals surface area contributed by atoms with E-state index in [0.29, 0.717) is 12.6 Å². The molecule has 0 aromatic heterocycles. The lowest BCUT2D eigenvalue weighted by Gasteiger charge is -2.30. The molecule has 90 valence electrons. The predicted octanol–water partition coefficient (Wildman–Crippen LogP) is -0.419. The molecule has 2 aliphatic rings. The Morgan fingerprint density at radius 3 is 3.12 bits per heavy atom. The fourth-order valence-electron chi connectivity index (χ4n) is 2.25. The Bertz CT molecular complexity index is 310. The number of fused-ring (bicyclic) bond motifs is 1. The van der Waals surface area contributed by atoms with Crippen molar-refractivity contribution in [3.05, 3.63) is 0 Å². The van der Waals surface area contributed by atoms with E-state index in [1.54, 1.807) is 6.92 Å². The minimum absolute atomic E-state index is 0.368. The number of thiocarbonyl (C=S) groups is 1. The van der Waals surface area contributed by atoms with E-state index >= 15 is 0 Å². The molecular weight excluding hydrogens is 226 g/mol. The number of carboxylic acids is 1. The van der Waals surface area contributed by atoms with E-state index in [9.17, 15) is 4.79 Å². The zero-order valence-corrected chi connectivity index (χ0v) is 10.2. The highest BCUT2D eigenvalue weighted by atomic mass is 32.1. The Balaban J connectivity index is 1.97. The molecule has 6 heteroatoms. The first-order valence-corrected chi connectivity index (χ1v) is 5.99. The van der Waals surface area contributed by atoms with Crippen molar-refractivity contribution >= 4 is 23.3 Å². The summed E-state index contributed by atoms with van der Waals surface area (Å²) in [6, 6.07) is 0.419. The first-order chi connectivity index (χ1) is 7.59. The third kappa shape index (κ3) is 2.12. The lowest BCUT2D eigenvalue weighted by Crippen LogP contribution is -2.49. The van der Waals surface area contributed by atoms with Gasteiger partial charge in [-0.1, -0.05) is 6.92 Å². The molecule has 2 N–H and O–H groups in total. The number of piperazine rings is 1. The standard InChI is InChI=1S/C10H17N3O2S/c1-7(9(14)15)5-12-6-8-4-11-2-3-13(8)10(12)16/h7-8,11H,2-6H2,1H3,(H,14,15)/t7?,8-/m0/s1. The van der Waals surface area contributed by atoms with Gasteiger partial charge in [-0.3, -0.25) is 4.79 Å². The minimum Gasteiger partial charge on any atom is -0.481 e. The van der Waals surface area contributed by atoms with Gasteiger partial charge >= 0.3 is 5.97 Å². The van der Waals surface area contributed by atoms with Crippen LogP contribution in [0.15, 0.2) is 0 Å². The molecule has 5 nitrogen and oxygen atoms in total. The number of nitrogens with zero attached hydrogens (tertiary/aromatic N) is 2. The minimum atomic E-state index is -0.759. The fraction of sp³-hybridized carbons (Fsp3) is 0.800. The summed E-state index contributed by atoms with van der Waals surface area (Å²) in [5, 5.41) is 13.0. The van der Waals surface area contributed by atoms with Crippen LogP contribution < -0.4 is 5.32 Å². The zero-order valence-electron chi connectivity index (χ0n) is 9.35. The van der Waals surface area contributed by atoms with E-state index in [2.05, 4.69) is 10.2 Å². The zero-order chi connectivity index (χ0) is 11.7. The molecular formula is C10H17N3O2S. The lowest BCUT2D eigenvalue weighted by molar-refractivity contribution is -0.141. The van der Waals surface area contributed by atoms with Crippen LogP contribution >= 0.6 is 12.2 Å². The third-order valence-corrected chi connectivity index (χ3v) is 3.71. The van der Waals surface area contributed by atoms with Gasteiger partial charge in [-0.25, -0.2) is 0 Å². The van der Waals surface area contributed by atoms with Crippen molar-refractivity contribution in [2.45, 2.75) is 13.0 Å². The second-order valence-electron chi connectivity index (χ2n) is 4.48. The summed E-state index contributed by atoms with van der Waals surface area (Å²) in [5.41, 5.74) is 0. The van der Waals surface area contributed by atoms with Crippen molar-refractivity contribution in [2.75, 3.05) is 32.7 Å². The van der Waals surface area contributed by atoms with Crippen LogP contribution in [0.5, 0.6) is 0 Å². The molecule has 0 aromatic rings. The fourth-order valence-corrected chi connectivity index (χ4v) is 2.64. The van der Waals surface area contributed by atoms with E-state index in [1.165, 1.54) is 0 Å². The molecule has 0 saturated carbocycles. The molecule has 1 unspecified atom stereocenters. The van der Waals surface area contributed by atoms with Gasteiger partial charge in [0.05, 0.1) is 12.0 Å². The quantitative estimate of drug-likeness (QED) is 0.657. The molecule has 0 radical (unpaired) electrons. The van der Waals surface area contributed by atoms with Crippen LogP contribution in [0.1, 0.15) is 6.92 Å². The van der Waals surface area contributed by atoms with Crippen LogP contribution in [-0.2, 0) is 4.79 Å². The summed E-state index contributed by atoms with van der Waals surface area (Å²) in [6.45, 7) is 5.92. The van der Waals surface area contributed by atoms with E-state index in [-0.39, 0.29) is 5.92 Å².